The van der Waals surface area contributed by atoms with Crippen molar-refractivity contribution in [3.05, 3.63) is 293 Å². The zero-order valence-corrected chi connectivity index (χ0v) is 40.1. The van der Waals surface area contributed by atoms with Crippen molar-refractivity contribution in [3.8, 4) is 22.3 Å². The predicted octanol–water partition coefficient (Wildman–Crippen LogP) is 18.3. The molecular weight excluding hydrogens is 895 g/mol. The molecule has 2 aliphatic heterocycles. The molecule has 0 atom stereocenters. The van der Waals surface area contributed by atoms with Crippen LogP contribution in [0.2, 0.25) is 0 Å². The van der Waals surface area contributed by atoms with Crippen molar-refractivity contribution in [2.75, 3.05) is 4.90 Å². The quantitative estimate of drug-likeness (QED) is 0.163. The molecule has 12 aromatic rings. The van der Waals surface area contributed by atoms with Crippen LogP contribution in [0.3, 0.4) is 0 Å². The molecule has 4 aliphatic rings. The van der Waals surface area contributed by atoms with Gasteiger partial charge in [0.2, 0.25) is 0 Å². The van der Waals surface area contributed by atoms with Gasteiger partial charge in [-0.05, 0) is 136 Å². The molecule has 2 spiro atoms. The lowest BCUT2D eigenvalue weighted by Gasteiger charge is -2.40. The van der Waals surface area contributed by atoms with E-state index in [-0.39, 0.29) is 0 Å². The minimum Gasteiger partial charge on any atom is -0.309 e. The Hall–Kier alpha value is -8.08. The van der Waals surface area contributed by atoms with Crippen molar-refractivity contribution in [3.63, 3.8) is 0 Å². The van der Waals surface area contributed by atoms with Crippen molar-refractivity contribution >= 4 is 72.9 Å². The molecule has 16 rings (SSSR count). The second kappa shape index (κ2) is 14.7. The molecule has 2 heterocycles. The standard InChI is InChI=1S/C68H41NS2/c1-2-21-45-43(19-1)44-20-3-4-22-46(44)50-41-42(39-40-47(45)50)69(59-33-17-31-57-65(59)48-23-5-7-25-51(48)67(57)53-27-9-13-35-61(53)70-62-36-14-10-28-54(62)67)60-34-18-32-58-66(60)49-24-6-8-26-52(49)68(58)55-29-11-15-37-63(55)71-64-38-16-12-30-56(64)68/h1-41H. The molecule has 71 heavy (non-hydrogen) atoms. The van der Waals surface area contributed by atoms with E-state index in [1.54, 1.807) is 0 Å². The predicted molar refractivity (Wildman–Crippen MR) is 296 cm³/mol. The van der Waals surface area contributed by atoms with Gasteiger partial charge < -0.3 is 4.90 Å². The third-order valence-electron chi connectivity index (χ3n) is 16.2. The van der Waals surface area contributed by atoms with E-state index in [9.17, 15) is 0 Å². The normalized spacial score (nSPS) is 14.6. The number of anilines is 3. The van der Waals surface area contributed by atoms with Crippen LogP contribution in [0.15, 0.2) is 268 Å². The molecule has 0 radical (unpaired) electrons. The lowest BCUT2D eigenvalue weighted by atomic mass is 9.67. The summed E-state index contributed by atoms with van der Waals surface area (Å²) >= 11 is 3.79. The number of fused-ring (bicyclic) bond motifs is 24. The Kier molecular flexibility index (Phi) is 8.24. The van der Waals surface area contributed by atoms with Crippen molar-refractivity contribution in [1.29, 1.82) is 0 Å². The summed E-state index contributed by atoms with van der Waals surface area (Å²) in [5, 5.41) is 7.58. The molecule has 12 aromatic carbocycles. The SMILES string of the molecule is c1ccc2c(c1)Sc1ccccc1C21c2ccccc2-c2c(N(c3ccc4c5ccccc5c5ccccc5c4c3)c3cccc4c3-c3ccccc3C43c4ccccc4Sc4ccccc43)cccc21. The molecule has 0 fully saturated rings. The van der Waals surface area contributed by atoms with Gasteiger partial charge >= 0.3 is 0 Å². The Balaban J connectivity index is 1.05. The number of nitrogens with zero attached hydrogens (tertiary/aromatic N) is 1. The highest BCUT2D eigenvalue weighted by Gasteiger charge is 2.53. The second-order valence-corrected chi connectivity index (χ2v) is 21.5. The number of benzene rings is 12. The van der Waals surface area contributed by atoms with E-state index in [2.05, 4.69) is 254 Å². The highest BCUT2D eigenvalue weighted by atomic mass is 32.2. The lowest BCUT2D eigenvalue weighted by Crippen LogP contribution is -2.32. The van der Waals surface area contributed by atoms with Crippen LogP contribution < -0.4 is 4.90 Å². The van der Waals surface area contributed by atoms with Gasteiger partial charge in [-0.15, -0.1) is 0 Å². The number of hydrogen-bond acceptors (Lipinski definition) is 3. The maximum Gasteiger partial charge on any atom is 0.0736 e. The van der Waals surface area contributed by atoms with Gasteiger partial charge in [0.05, 0.1) is 22.2 Å². The molecule has 0 saturated heterocycles. The molecule has 330 valence electrons. The first-order valence-electron chi connectivity index (χ1n) is 24.6. The summed E-state index contributed by atoms with van der Waals surface area (Å²) in [6.07, 6.45) is 0. The maximum atomic E-state index is 2.64. The molecule has 1 nitrogen and oxygen atoms in total. The first-order chi connectivity index (χ1) is 35.2. The smallest absolute Gasteiger partial charge is 0.0736 e. The van der Waals surface area contributed by atoms with E-state index in [1.165, 1.54) is 119 Å². The average Bonchev–Trinajstić information content (AvgIpc) is 3.90. The number of rotatable bonds is 3. The third-order valence-corrected chi connectivity index (χ3v) is 18.5. The van der Waals surface area contributed by atoms with E-state index < -0.39 is 10.8 Å². The van der Waals surface area contributed by atoms with E-state index >= 15 is 0 Å². The van der Waals surface area contributed by atoms with Crippen LogP contribution in [-0.4, -0.2) is 0 Å². The van der Waals surface area contributed by atoms with Gasteiger partial charge in [0, 0.05) is 36.4 Å². The van der Waals surface area contributed by atoms with Crippen LogP contribution in [-0.2, 0) is 10.8 Å². The number of hydrogen-bond donors (Lipinski definition) is 0. The van der Waals surface area contributed by atoms with E-state index in [1.807, 2.05) is 23.5 Å². The molecule has 0 amide bonds. The summed E-state index contributed by atoms with van der Waals surface area (Å²) in [4.78, 5) is 7.85. The molecule has 0 saturated carbocycles. The zero-order valence-electron chi connectivity index (χ0n) is 38.4. The van der Waals surface area contributed by atoms with E-state index in [4.69, 9.17) is 0 Å². The summed E-state index contributed by atoms with van der Waals surface area (Å²) in [6, 6.07) is 94.5. The van der Waals surface area contributed by atoms with Crippen LogP contribution in [0.1, 0.15) is 44.5 Å². The molecular formula is C68H41NS2. The molecule has 0 aromatic heterocycles. The van der Waals surface area contributed by atoms with Gasteiger partial charge in [-0.1, -0.05) is 224 Å². The van der Waals surface area contributed by atoms with Crippen molar-refractivity contribution in [2.24, 2.45) is 0 Å². The van der Waals surface area contributed by atoms with Crippen LogP contribution in [0.4, 0.5) is 17.1 Å². The van der Waals surface area contributed by atoms with E-state index in [0.29, 0.717) is 0 Å². The van der Waals surface area contributed by atoms with Gasteiger partial charge in [-0.2, -0.15) is 0 Å². The summed E-state index contributed by atoms with van der Waals surface area (Å²) in [7, 11) is 0. The first kappa shape index (κ1) is 39.7. The van der Waals surface area contributed by atoms with Crippen molar-refractivity contribution < 1.29 is 0 Å². The fourth-order valence-corrected chi connectivity index (χ4v) is 16.0. The Bertz CT molecular complexity index is 3960. The van der Waals surface area contributed by atoms with Gasteiger partial charge in [0.25, 0.3) is 0 Å². The maximum absolute atomic E-state index is 2.64. The summed E-state index contributed by atoms with van der Waals surface area (Å²) in [6.45, 7) is 0. The van der Waals surface area contributed by atoms with Gasteiger partial charge in [-0.25, -0.2) is 0 Å². The Morgan fingerprint density at radius 3 is 1.00 bits per heavy atom. The van der Waals surface area contributed by atoms with Crippen molar-refractivity contribution in [2.45, 2.75) is 30.4 Å². The summed E-state index contributed by atoms with van der Waals surface area (Å²) in [5.74, 6) is 0. The minimum atomic E-state index is -0.521. The van der Waals surface area contributed by atoms with Crippen LogP contribution in [0, 0.1) is 0 Å². The van der Waals surface area contributed by atoms with Crippen molar-refractivity contribution in [1.82, 2.24) is 0 Å². The largest absolute Gasteiger partial charge is 0.309 e. The van der Waals surface area contributed by atoms with Crippen LogP contribution >= 0.6 is 23.5 Å². The molecule has 0 N–H and O–H groups in total. The third kappa shape index (κ3) is 5.09. The second-order valence-electron chi connectivity index (χ2n) is 19.3. The van der Waals surface area contributed by atoms with Crippen LogP contribution in [0.25, 0.3) is 54.6 Å². The molecule has 3 heteroatoms. The first-order valence-corrected chi connectivity index (χ1v) is 26.2. The fourth-order valence-electron chi connectivity index (χ4n) is 13.6. The zero-order chi connectivity index (χ0) is 46.4. The average molecular weight is 936 g/mol. The molecule has 0 bridgehead atoms. The van der Waals surface area contributed by atoms with E-state index in [0.717, 1.165) is 17.1 Å². The van der Waals surface area contributed by atoms with Gasteiger partial charge in [0.1, 0.15) is 0 Å². The minimum absolute atomic E-state index is 0.521. The van der Waals surface area contributed by atoms with Gasteiger partial charge in [-0.3, -0.25) is 0 Å². The fraction of sp³-hybridized carbons (Fsp3) is 0.0294. The molecule has 0 unspecified atom stereocenters. The Labute approximate surface area is 421 Å². The topological polar surface area (TPSA) is 3.24 Å². The van der Waals surface area contributed by atoms with Gasteiger partial charge in [0.15, 0.2) is 0 Å². The summed E-state index contributed by atoms with van der Waals surface area (Å²) in [5.41, 5.74) is 18.1. The Morgan fingerprint density at radius 2 is 0.577 bits per heavy atom. The highest BCUT2D eigenvalue weighted by Crippen LogP contribution is 2.67. The lowest BCUT2D eigenvalue weighted by molar-refractivity contribution is 0.722. The highest BCUT2D eigenvalue weighted by molar-refractivity contribution is 7.99. The molecule has 2 aliphatic carbocycles. The summed E-state index contributed by atoms with van der Waals surface area (Å²) < 4.78 is 0. The monoisotopic (exact) mass is 935 g/mol. The Morgan fingerprint density at radius 1 is 0.254 bits per heavy atom. The van der Waals surface area contributed by atoms with Crippen LogP contribution in [0.5, 0.6) is 0 Å².